The number of anilines is 1. The van der Waals surface area contributed by atoms with Gasteiger partial charge in [-0.05, 0) is 0 Å². The highest BCUT2D eigenvalue weighted by atomic mass is 19.2. The van der Waals surface area contributed by atoms with E-state index in [0.29, 0.717) is 0 Å². The Balaban J connectivity index is 2.95. The Morgan fingerprint density at radius 2 is 1.71 bits per heavy atom. The van der Waals surface area contributed by atoms with E-state index in [4.69, 9.17) is 11.5 Å². The monoisotopic (exact) mass is 251 g/mol. The van der Waals surface area contributed by atoms with E-state index in [1.807, 2.05) is 5.32 Å². The number of benzene rings is 1. The summed E-state index contributed by atoms with van der Waals surface area (Å²) in [4.78, 5) is 10.5. The highest BCUT2D eigenvalue weighted by Gasteiger charge is 2.20. The van der Waals surface area contributed by atoms with Gasteiger partial charge in [-0.2, -0.15) is 0 Å². The molecule has 1 rings (SSSR count). The molecule has 1 aromatic rings. The summed E-state index contributed by atoms with van der Waals surface area (Å²) in [7, 11) is 0. The molecule has 94 valence electrons. The standard InChI is InChI=1S/C9H9F4N3O/c10-3-1-4(11)7(13)8(6(3)12)16-2-5(14)9(15)17/h1,5,16H,2,14H2,(H2,15,17). The summed E-state index contributed by atoms with van der Waals surface area (Å²) in [6, 6.07) is -1.16. The van der Waals surface area contributed by atoms with Crippen molar-refractivity contribution in [1.29, 1.82) is 0 Å². The number of hydrogen-bond acceptors (Lipinski definition) is 3. The Bertz CT molecular complexity index is 426. The quantitative estimate of drug-likeness (QED) is 0.537. The maximum absolute atomic E-state index is 13.1. The number of carbonyl (C=O) groups is 1. The molecular weight excluding hydrogens is 242 g/mol. The molecule has 0 heterocycles. The number of rotatable bonds is 4. The summed E-state index contributed by atoms with van der Waals surface area (Å²) in [5, 5.41) is 1.99. The lowest BCUT2D eigenvalue weighted by Crippen LogP contribution is -2.42. The fraction of sp³-hybridized carbons (Fsp3) is 0.222. The smallest absolute Gasteiger partial charge is 0.236 e. The van der Waals surface area contributed by atoms with Crippen molar-refractivity contribution in [1.82, 2.24) is 0 Å². The first-order valence-corrected chi connectivity index (χ1v) is 4.46. The molecule has 0 aliphatic rings. The van der Waals surface area contributed by atoms with E-state index in [2.05, 4.69) is 0 Å². The van der Waals surface area contributed by atoms with Gasteiger partial charge in [0.05, 0.1) is 0 Å². The summed E-state index contributed by atoms with van der Waals surface area (Å²) in [5.74, 6) is -7.23. The molecule has 0 saturated carbocycles. The van der Waals surface area contributed by atoms with E-state index < -0.39 is 47.5 Å². The molecule has 0 aliphatic carbocycles. The third-order valence-corrected chi connectivity index (χ3v) is 1.98. The molecule has 4 nitrogen and oxygen atoms in total. The number of amides is 1. The van der Waals surface area contributed by atoms with E-state index in [1.165, 1.54) is 0 Å². The number of halogens is 4. The average Bonchev–Trinajstić information content (AvgIpc) is 2.26. The minimum absolute atomic E-state index is 0.0733. The van der Waals surface area contributed by atoms with Crippen molar-refractivity contribution in [3.05, 3.63) is 29.3 Å². The van der Waals surface area contributed by atoms with Gasteiger partial charge in [0.2, 0.25) is 5.91 Å². The lowest BCUT2D eigenvalue weighted by molar-refractivity contribution is -0.118. The molecule has 0 fully saturated rings. The third kappa shape index (κ3) is 2.84. The van der Waals surface area contributed by atoms with Crippen LogP contribution in [0.15, 0.2) is 6.07 Å². The second-order valence-electron chi connectivity index (χ2n) is 3.23. The first-order valence-electron chi connectivity index (χ1n) is 4.46. The lowest BCUT2D eigenvalue weighted by Gasteiger charge is -2.12. The minimum atomic E-state index is -1.60. The van der Waals surface area contributed by atoms with Gasteiger partial charge in [0, 0.05) is 12.6 Å². The van der Waals surface area contributed by atoms with Crippen LogP contribution in [-0.4, -0.2) is 18.5 Å². The Morgan fingerprint density at radius 1 is 1.24 bits per heavy atom. The van der Waals surface area contributed by atoms with Crippen LogP contribution in [0.5, 0.6) is 0 Å². The van der Waals surface area contributed by atoms with Gasteiger partial charge in [0.1, 0.15) is 11.7 Å². The van der Waals surface area contributed by atoms with Crippen molar-refractivity contribution in [2.45, 2.75) is 6.04 Å². The molecule has 0 bridgehead atoms. The zero-order valence-corrected chi connectivity index (χ0v) is 8.44. The molecule has 0 aromatic heterocycles. The number of nitrogens with two attached hydrogens (primary N) is 2. The molecule has 0 spiro atoms. The van der Waals surface area contributed by atoms with Gasteiger partial charge < -0.3 is 16.8 Å². The van der Waals surface area contributed by atoms with Crippen molar-refractivity contribution in [2.24, 2.45) is 11.5 Å². The van der Waals surface area contributed by atoms with Gasteiger partial charge in [-0.3, -0.25) is 4.79 Å². The Kier molecular flexibility index (Phi) is 3.89. The van der Waals surface area contributed by atoms with E-state index >= 15 is 0 Å². The zero-order chi connectivity index (χ0) is 13.2. The van der Waals surface area contributed by atoms with Crippen LogP contribution >= 0.6 is 0 Å². The number of carbonyl (C=O) groups excluding carboxylic acids is 1. The Labute approximate surface area is 93.6 Å². The van der Waals surface area contributed by atoms with E-state index in [9.17, 15) is 22.4 Å². The highest BCUT2D eigenvalue weighted by molar-refractivity contribution is 5.80. The average molecular weight is 251 g/mol. The normalized spacial score (nSPS) is 12.3. The molecular formula is C9H9F4N3O. The summed E-state index contributed by atoms with van der Waals surface area (Å²) in [6.45, 7) is -0.452. The predicted octanol–water partition coefficient (Wildman–Crippen LogP) is 0.467. The summed E-state index contributed by atoms with van der Waals surface area (Å²) in [5.41, 5.74) is 8.94. The second-order valence-corrected chi connectivity index (χ2v) is 3.23. The van der Waals surface area contributed by atoms with Crippen LogP contribution in [0, 0.1) is 23.3 Å². The molecule has 17 heavy (non-hydrogen) atoms. The highest BCUT2D eigenvalue weighted by Crippen LogP contribution is 2.23. The fourth-order valence-electron chi connectivity index (χ4n) is 1.04. The third-order valence-electron chi connectivity index (χ3n) is 1.98. The van der Waals surface area contributed by atoms with Gasteiger partial charge in [-0.25, -0.2) is 17.6 Å². The molecule has 5 N–H and O–H groups in total. The van der Waals surface area contributed by atoms with Crippen LogP contribution in [-0.2, 0) is 4.79 Å². The minimum Gasteiger partial charge on any atom is -0.378 e. The van der Waals surface area contributed by atoms with Crippen LogP contribution < -0.4 is 16.8 Å². The van der Waals surface area contributed by atoms with Crippen molar-refractivity contribution < 1.29 is 22.4 Å². The molecule has 0 aliphatic heterocycles. The molecule has 8 heteroatoms. The van der Waals surface area contributed by atoms with Gasteiger partial charge in [-0.1, -0.05) is 0 Å². The summed E-state index contributed by atoms with van der Waals surface area (Å²) >= 11 is 0. The van der Waals surface area contributed by atoms with Crippen molar-refractivity contribution in [3.8, 4) is 0 Å². The van der Waals surface area contributed by atoms with Crippen molar-refractivity contribution in [2.75, 3.05) is 11.9 Å². The maximum atomic E-state index is 13.1. The van der Waals surface area contributed by atoms with Gasteiger partial charge in [0.15, 0.2) is 23.3 Å². The van der Waals surface area contributed by atoms with Crippen molar-refractivity contribution >= 4 is 11.6 Å². The van der Waals surface area contributed by atoms with Crippen LogP contribution in [0.25, 0.3) is 0 Å². The fourth-order valence-corrected chi connectivity index (χ4v) is 1.04. The van der Waals surface area contributed by atoms with Gasteiger partial charge >= 0.3 is 0 Å². The topological polar surface area (TPSA) is 81.1 Å². The molecule has 1 unspecified atom stereocenters. The second kappa shape index (κ2) is 5.00. The molecule has 1 amide bonds. The summed E-state index contributed by atoms with van der Waals surface area (Å²) in [6.07, 6.45) is 0. The predicted molar refractivity (Wildman–Crippen MR) is 51.9 cm³/mol. The van der Waals surface area contributed by atoms with Gasteiger partial charge in [0.25, 0.3) is 0 Å². The molecule has 0 saturated heterocycles. The van der Waals surface area contributed by atoms with Crippen LogP contribution in [0.3, 0.4) is 0 Å². The summed E-state index contributed by atoms with van der Waals surface area (Å²) < 4.78 is 51.7. The van der Waals surface area contributed by atoms with E-state index in [0.717, 1.165) is 0 Å². The largest absolute Gasteiger partial charge is 0.378 e. The molecule has 1 aromatic carbocycles. The first-order chi connectivity index (χ1) is 7.84. The van der Waals surface area contributed by atoms with E-state index in [-0.39, 0.29) is 6.07 Å². The number of hydrogen-bond donors (Lipinski definition) is 3. The van der Waals surface area contributed by atoms with Crippen LogP contribution in [0.2, 0.25) is 0 Å². The van der Waals surface area contributed by atoms with Crippen LogP contribution in [0.1, 0.15) is 0 Å². The number of primary amides is 1. The van der Waals surface area contributed by atoms with Crippen molar-refractivity contribution in [3.63, 3.8) is 0 Å². The molecule has 0 radical (unpaired) electrons. The van der Waals surface area contributed by atoms with Gasteiger partial charge in [-0.15, -0.1) is 0 Å². The Hall–Kier alpha value is -1.83. The maximum Gasteiger partial charge on any atom is 0.236 e. The Morgan fingerprint density at radius 3 is 2.12 bits per heavy atom. The zero-order valence-electron chi connectivity index (χ0n) is 8.44. The SMILES string of the molecule is NC(=O)C(N)CNc1c(F)c(F)cc(F)c1F. The lowest BCUT2D eigenvalue weighted by atomic mass is 10.2. The number of nitrogens with one attached hydrogen (secondary N) is 1. The first kappa shape index (κ1) is 13.2. The van der Waals surface area contributed by atoms with Crippen LogP contribution in [0.4, 0.5) is 23.2 Å². The van der Waals surface area contributed by atoms with E-state index in [1.54, 1.807) is 0 Å². The molecule has 1 atom stereocenters.